The summed E-state index contributed by atoms with van der Waals surface area (Å²) in [5.41, 5.74) is 0.356. The van der Waals surface area contributed by atoms with Crippen molar-refractivity contribution in [1.29, 1.82) is 0 Å². The molecule has 0 aliphatic carbocycles. The molecule has 0 radical (unpaired) electrons. The maximum absolute atomic E-state index is 12.9. The molecule has 152 valence electrons. The second-order valence-corrected chi connectivity index (χ2v) is 8.30. The molecule has 8 heteroatoms. The maximum Gasteiger partial charge on any atom is 0.254 e. The fourth-order valence-electron chi connectivity index (χ4n) is 3.88. The minimum Gasteiger partial charge on any atom is -0.343 e. The van der Waals surface area contributed by atoms with Crippen LogP contribution >= 0.6 is 23.2 Å². The first-order valence-electron chi connectivity index (χ1n) is 9.73. The lowest BCUT2D eigenvalue weighted by atomic mass is 10.1. The van der Waals surface area contributed by atoms with Gasteiger partial charge in [0, 0.05) is 35.2 Å². The molecule has 2 aliphatic heterocycles. The van der Waals surface area contributed by atoms with Crippen LogP contribution in [0.3, 0.4) is 0 Å². The van der Waals surface area contributed by atoms with Crippen LogP contribution in [0.25, 0.3) is 0 Å². The topological polar surface area (TPSA) is 69.7 Å². The van der Waals surface area contributed by atoms with Crippen molar-refractivity contribution in [2.24, 2.45) is 0 Å². The minimum absolute atomic E-state index is 0.0643. The van der Waals surface area contributed by atoms with Crippen LogP contribution < -0.4 is 5.32 Å². The van der Waals surface area contributed by atoms with Gasteiger partial charge in [0.15, 0.2) is 0 Å². The highest BCUT2D eigenvalue weighted by Gasteiger charge is 2.36. The third-order valence-electron chi connectivity index (χ3n) is 5.32. The van der Waals surface area contributed by atoms with Crippen molar-refractivity contribution in [3.05, 3.63) is 33.8 Å². The highest BCUT2D eigenvalue weighted by molar-refractivity contribution is 6.35. The van der Waals surface area contributed by atoms with Gasteiger partial charge in [-0.15, -0.1) is 0 Å². The number of likely N-dealkylation sites (tertiary alicyclic amines) is 2. The summed E-state index contributed by atoms with van der Waals surface area (Å²) in [4.78, 5) is 41.6. The highest BCUT2D eigenvalue weighted by Crippen LogP contribution is 2.24. The molecule has 2 atom stereocenters. The second kappa shape index (κ2) is 9.14. The lowest BCUT2D eigenvalue weighted by Crippen LogP contribution is -2.53. The zero-order chi connectivity index (χ0) is 20.3. The first-order valence-corrected chi connectivity index (χ1v) is 10.5. The molecule has 0 saturated carbocycles. The zero-order valence-corrected chi connectivity index (χ0v) is 17.4. The Bertz CT molecular complexity index is 745. The number of rotatable bonds is 4. The normalized spacial score (nSPS) is 20.8. The van der Waals surface area contributed by atoms with E-state index in [-0.39, 0.29) is 17.7 Å². The summed E-state index contributed by atoms with van der Waals surface area (Å²) in [6.07, 6.45) is 4.43. The average molecular weight is 426 g/mol. The predicted molar refractivity (Wildman–Crippen MR) is 109 cm³/mol. The summed E-state index contributed by atoms with van der Waals surface area (Å²) in [6, 6.07) is 3.45. The first-order chi connectivity index (χ1) is 13.4. The number of nitrogens with zero attached hydrogens (tertiary/aromatic N) is 2. The molecule has 2 aliphatic rings. The zero-order valence-electron chi connectivity index (χ0n) is 15.9. The number of halogens is 2. The van der Waals surface area contributed by atoms with E-state index in [1.165, 1.54) is 4.90 Å². The van der Waals surface area contributed by atoms with E-state index in [1.807, 2.05) is 0 Å². The molecular weight excluding hydrogens is 401 g/mol. The number of carbonyl (C=O) groups is 3. The second-order valence-electron chi connectivity index (χ2n) is 7.43. The van der Waals surface area contributed by atoms with Crippen LogP contribution in [-0.2, 0) is 9.59 Å². The number of benzene rings is 1. The van der Waals surface area contributed by atoms with E-state index in [9.17, 15) is 14.4 Å². The summed E-state index contributed by atoms with van der Waals surface area (Å²) in [6.45, 7) is 3.66. The van der Waals surface area contributed by atoms with Crippen molar-refractivity contribution < 1.29 is 14.4 Å². The number of nitrogens with one attached hydrogen (secondary N) is 1. The molecule has 3 amide bonds. The lowest BCUT2D eigenvalue weighted by Gasteiger charge is -2.30. The number of piperidine rings is 1. The molecule has 1 aromatic carbocycles. The fourth-order valence-corrected chi connectivity index (χ4v) is 4.41. The van der Waals surface area contributed by atoms with Crippen LogP contribution in [0.5, 0.6) is 0 Å². The van der Waals surface area contributed by atoms with Gasteiger partial charge in [-0.2, -0.15) is 0 Å². The van der Waals surface area contributed by atoms with E-state index in [1.54, 1.807) is 30.0 Å². The third kappa shape index (κ3) is 4.78. The summed E-state index contributed by atoms with van der Waals surface area (Å²) in [5.74, 6) is -0.639. The molecule has 1 aromatic rings. The van der Waals surface area contributed by atoms with Crippen LogP contribution in [0.1, 0.15) is 49.4 Å². The van der Waals surface area contributed by atoms with Crippen LogP contribution in [0.15, 0.2) is 18.2 Å². The average Bonchev–Trinajstić information content (AvgIpc) is 3.16. The van der Waals surface area contributed by atoms with Crippen LogP contribution in [0.4, 0.5) is 0 Å². The van der Waals surface area contributed by atoms with E-state index < -0.39 is 12.1 Å². The maximum atomic E-state index is 12.9. The Labute approximate surface area is 175 Å². The third-order valence-corrected chi connectivity index (χ3v) is 5.76. The molecule has 6 nitrogen and oxygen atoms in total. The van der Waals surface area contributed by atoms with Gasteiger partial charge >= 0.3 is 0 Å². The van der Waals surface area contributed by atoms with Gasteiger partial charge in [-0.1, -0.05) is 23.2 Å². The summed E-state index contributed by atoms with van der Waals surface area (Å²) in [7, 11) is 0. The molecule has 0 bridgehead atoms. The van der Waals surface area contributed by atoms with Gasteiger partial charge < -0.3 is 15.1 Å². The Morgan fingerprint density at radius 3 is 2.29 bits per heavy atom. The van der Waals surface area contributed by atoms with Gasteiger partial charge in [0.25, 0.3) is 5.91 Å². The van der Waals surface area contributed by atoms with Gasteiger partial charge in [0.1, 0.15) is 12.1 Å². The van der Waals surface area contributed by atoms with Gasteiger partial charge in [-0.05, 0) is 57.2 Å². The van der Waals surface area contributed by atoms with E-state index in [0.717, 1.165) is 38.8 Å². The summed E-state index contributed by atoms with van der Waals surface area (Å²) >= 11 is 12.0. The Morgan fingerprint density at radius 2 is 1.64 bits per heavy atom. The van der Waals surface area contributed by atoms with Crippen molar-refractivity contribution >= 4 is 40.9 Å². The molecule has 28 heavy (non-hydrogen) atoms. The van der Waals surface area contributed by atoms with Crippen molar-refractivity contribution in [2.45, 2.75) is 51.1 Å². The summed E-state index contributed by atoms with van der Waals surface area (Å²) < 4.78 is 0. The fraction of sp³-hybridized carbons (Fsp3) is 0.550. The molecule has 0 spiro atoms. The molecule has 1 N–H and O–H groups in total. The molecule has 2 saturated heterocycles. The predicted octanol–water partition coefficient (Wildman–Crippen LogP) is 3.12. The molecule has 2 heterocycles. The van der Waals surface area contributed by atoms with E-state index in [2.05, 4.69) is 5.32 Å². The standard InChI is InChI=1S/C20H25Cl2N3O3/c1-13(19(27)24-7-3-2-4-8-24)23-18(26)17-6-5-9-25(17)20(28)14-10-15(21)12-16(22)11-14/h10-13,17H,2-9H2,1H3,(H,23,26). The minimum atomic E-state index is -0.608. The molecule has 2 unspecified atom stereocenters. The number of hydrogen-bond donors (Lipinski definition) is 1. The Balaban J connectivity index is 1.65. The number of hydrogen-bond acceptors (Lipinski definition) is 3. The Morgan fingerprint density at radius 1 is 1.00 bits per heavy atom. The van der Waals surface area contributed by atoms with E-state index in [0.29, 0.717) is 28.6 Å². The van der Waals surface area contributed by atoms with E-state index in [4.69, 9.17) is 23.2 Å². The lowest BCUT2D eigenvalue weighted by molar-refractivity contribution is -0.137. The van der Waals surface area contributed by atoms with Crippen LogP contribution in [-0.4, -0.2) is 59.2 Å². The summed E-state index contributed by atoms with van der Waals surface area (Å²) in [5, 5.41) is 3.55. The van der Waals surface area contributed by atoms with Gasteiger partial charge in [-0.3, -0.25) is 14.4 Å². The van der Waals surface area contributed by atoms with Gasteiger partial charge in [0.2, 0.25) is 11.8 Å². The first kappa shape index (κ1) is 20.9. The van der Waals surface area contributed by atoms with Crippen molar-refractivity contribution in [1.82, 2.24) is 15.1 Å². The molecule has 3 rings (SSSR count). The van der Waals surface area contributed by atoms with Crippen molar-refractivity contribution in [3.8, 4) is 0 Å². The van der Waals surface area contributed by atoms with Crippen LogP contribution in [0.2, 0.25) is 10.0 Å². The van der Waals surface area contributed by atoms with Crippen LogP contribution in [0, 0.1) is 0 Å². The molecule has 0 aromatic heterocycles. The van der Waals surface area contributed by atoms with Crippen molar-refractivity contribution in [2.75, 3.05) is 19.6 Å². The monoisotopic (exact) mass is 425 g/mol. The number of carbonyl (C=O) groups excluding carboxylic acids is 3. The smallest absolute Gasteiger partial charge is 0.254 e. The van der Waals surface area contributed by atoms with Crippen molar-refractivity contribution in [3.63, 3.8) is 0 Å². The van der Waals surface area contributed by atoms with E-state index >= 15 is 0 Å². The molecule has 2 fully saturated rings. The SMILES string of the molecule is CC(NC(=O)C1CCCN1C(=O)c1cc(Cl)cc(Cl)c1)C(=O)N1CCCCC1. The molecular formula is C20H25Cl2N3O3. The Hall–Kier alpha value is -1.79. The quantitative estimate of drug-likeness (QED) is 0.805. The largest absolute Gasteiger partial charge is 0.343 e. The number of amides is 3. The van der Waals surface area contributed by atoms with Gasteiger partial charge in [-0.25, -0.2) is 0 Å². The van der Waals surface area contributed by atoms with Gasteiger partial charge in [0.05, 0.1) is 0 Å². The Kier molecular flexibility index (Phi) is 6.83. The highest BCUT2D eigenvalue weighted by atomic mass is 35.5.